The number of hydrogen-bond acceptors (Lipinski definition) is 10. The number of piperidine rings is 1. The Balaban J connectivity index is 0.826. The van der Waals surface area contributed by atoms with Crippen molar-refractivity contribution in [1.82, 2.24) is 20.1 Å². The first-order valence-electron chi connectivity index (χ1n) is 20.0. The number of unbranched alkanes of at least 4 members (excludes halogenated alkanes) is 4. The van der Waals surface area contributed by atoms with E-state index in [4.69, 9.17) is 0 Å². The van der Waals surface area contributed by atoms with Gasteiger partial charge in [-0.05, 0) is 97.2 Å². The van der Waals surface area contributed by atoms with E-state index in [0.717, 1.165) is 77.6 Å². The first-order valence-corrected chi connectivity index (χ1v) is 21.0. The fourth-order valence-electron chi connectivity index (χ4n) is 8.73. The number of carbonyl (C=O) groups excluding carboxylic acids is 5. The van der Waals surface area contributed by atoms with Crippen LogP contribution in [0.3, 0.4) is 0 Å². The zero-order valence-corrected chi connectivity index (χ0v) is 32.7. The third-order valence-corrected chi connectivity index (χ3v) is 12.8. The highest BCUT2D eigenvalue weighted by molar-refractivity contribution is 7.99. The Bertz CT molecular complexity index is 2260. The van der Waals surface area contributed by atoms with Gasteiger partial charge < -0.3 is 20.6 Å². The van der Waals surface area contributed by atoms with Crippen molar-refractivity contribution in [2.75, 3.05) is 36.1 Å². The Hall–Kier alpha value is -5.60. The molecule has 0 saturated carbocycles. The number of likely N-dealkylation sites (tertiary alicyclic amines) is 1. The van der Waals surface area contributed by atoms with Gasteiger partial charge in [0.2, 0.25) is 11.8 Å². The molecule has 0 bridgehead atoms. The summed E-state index contributed by atoms with van der Waals surface area (Å²) in [4.78, 5) is 72.0. The van der Waals surface area contributed by atoms with Crippen LogP contribution in [-0.2, 0) is 9.59 Å². The molecule has 4 N–H and O–H groups in total. The number of halogens is 1. The van der Waals surface area contributed by atoms with Crippen molar-refractivity contribution in [1.29, 1.82) is 0 Å². The fraction of sp³-hybridized carbons (Fsp3) is 0.364. The van der Waals surface area contributed by atoms with E-state index < -0.39 is 29.7 Å². The highest BCUT2D eigenvalue weighted by Gasteiger charge is 2.47. The zero-order chi connectivity index (χ0) is 40.3. The van der Waals surface area contributed by atoms with E-state index >= 15 is 4.39 Å². The number of hydrogen-bond donors (Lipinski definition) is 4. The van der Waals surface area contributed by atoms with Crippen molar-refractivity contribution in [2.45, 2.75) is 74.4 Å². The third kappa shape index (κ3) is 7.70. The lowest BCUT2D eigenvalue weighted by molar-refractivity contribution is -0.136. The summed E-state index contributed by atoms with van der Waals surface area (Å²) >= 11 is 1.53. The van der Waals surface area contributed by atoms with Crippen LogP contribution < -0.4 is 16.0 Å². The molecule has 12 nitrogen and oxygen atoms in total. The topological polar surface area (TPSA) is 161 Å². The molecule has 3 aromatic carbocycles. The SMILES string of the molecule is O=C1CCC(N2C(=O)c3cccc(SCCCCCCCNc4ccc(F)c(-c5ccc6c(c5)[C@H]5[C@H](CCN5C(=O)c5ccccn5)[C@@H](CO)N6)c4)c3C2=O)C(=O)N1. The Morgan fingerprint density at radius 3 is 2.57 bits per heavy atom. The lowest BCUT2D eigenvalue weighted by Crippen LogP contribution is -2.54. The minimum Gasteiger partial charge on any atom is -0.394 e. The number of amides is 5. The van der Waals surface area contributed by atoms with Crippen LogP contribution >= 0.6 is 11.8 Å². The van der Waals surface area contributed by atoms with Gasteiger partial charge in [0.05, 0.1) is 29.8 Å². The van der Waals surface area contributed by atoms with Gasteiger partial charge in [-0.3, -0.25) is 39.2 Å². The molecule has 1 unspecified atom stereocenters. The van der Waals surface area contributed by atoms with Gasteiger partial charge in [-0.2, -0.15) is 0 Å². The Morgan fingerprint density at radius 2 is 1.76 bits per heavy atom. The molecule has 300 valence electrons. The van der Waals surface area contributed by atoms with Crippen molar-refractivity contribution >= 4 is 52.7 Å². The smallest absolute Gasteiger partial charge is 0.272 e. The molecule has 5 amide bonds. The molecule has 8 rings (SSSR count). The fourth-order valence-corrected chi connectivity index (χ4v) is 9.81. The van der Waals surface area contributed by atoms with Crippen molar-refractivity contribution in [3.8, 4) is 11.1 Å². The number of thioether (sulfide) groups is 1. The van der Waals surface area contributed by atoms with Gasteiger partial charge in [-0.15, -0.1) is 11.8 Å². The number of carbonyl (C=O) groups is 5. The van der Waals surface area contributed by atoms with Gasteiger partial charge in [0.15, 0.2) is 0 Å². The van der Waals surface area contributed by atoms with E-state index in [1.807, 2.05) is 35.2 Å². The van der Waals surface area contributed by atoms with E-state index in [9.17, 15) is 29.1 Å². The Kier molecular flexibility index (Phi) is 11.6. The number of pyridine rings is 1. The summed E-state index contributed by atoms with van der Waals surface area (Å²) in [5.41, 5.74) is 4.71. The zero-order valence-electron chi connectivity index (χ0n) is 31.9. The highest BCUT2D eigenvalue weighted by atomic mass is 32.2. The molecular formula is C44H45FN6O6S. The summed E-state index contributed by atoms with van der Waals surface area (Å²) in [6, 6.07) is 19.8. The standard InChI is InChI=1S/C44H45FN6O6S/c45-32-14-13-27(24-30(32)26-12-15-33-31(23-26)40-28(35(25-52)48-33)18-21-50(40)43(56)34-10-4-6-20-47-34)46-19-5-2-1-3-7-22-58-37-11-8-9-29-39(37)44(57)51(42(29)55)36-16-17-38(53)49-41(36)54/h4,6,8-15,20,23-24,28,35-36,40,46,48,52H,1-3,5,7,16-19,21-22,25H2,(H,49,53,54)/t28-,35-,36?,40-/m1/s1. The van der Waals surface area contributed by atoms with Crippen LogP contribution in [0.2, 0.25) is 0 Å². The normalized spacial score (nSPS) is 21.0. The lowest BCUT2D eigenvalue weighted by atomic mass is 9.82. The largest absolute Gasteiger partial charge is 0.394 e. The minimum atomic E-state index is -0.985. The van der Waals surface area contributed by atoms with Crippen LogP contribution in [0.5, 0.6) is 0 Å². The molecule has 0 spiro atoms. The number of fused-ring (bicyclic) bond motifs is 4. The van der Waals surface area contributed by atoms with Gasteiger partial charge in [0.25, 0.3) is 17.7 Å². The molecule has 14 heteroatoms. The van der Waals surface area contributed by atoms with Crippen LogP contribution in [-0.4, -0.2) is 87.0 Å². The monoisotopic (exact) mass is 804 g/mol. The predicted molar refractivity (Wildman–Crippen MR) is 218 cm³/mol. The molecule has 58 heavy (non-hydrogen) atoms. The van der Waals surface area contributed by atoms with Crippen molar-refractivity contribution in [2.24, 2.45) is 5.92 Å². The molecule has 4 aliphatic heterocycles. The maximum absolute atomic E-state index is 15.4. The summed E-state index contributed by atoms with van der Waals surface area (Å²) in [7, 11) is 0. The molecule has 4 aromatic rings. The second-order valence-electron chi connectivity index (χ2n) is 15.2. The van der Waals surface area contributed by atoms with E-state index in [0.29, 0.717) is 34.5 Å². The van der Waals surface area contributed by atoms with Crippen molar-refractivity contribution in [3.63, 3.8) is 0 Å². The van der Waals surface area contributed by atoms with Crippen LogP contribution in [0.1, 0.15) is 94.2 Å². The van der Waals surface area contributed by atoms with Crippen LogP contribution in [0.25, 0.3) is 11.1 Å². The first kappa shape index (κ1) is 39.2. The molecule has 0 radical (unpaired) electrons. The predicted octanol–water partition coefficient (Wildman–Crippen LogP) is 6.43. The van der Waals surface area contributed by atoms with Crippen LogP contribution in [0.15, 0.2) is 83.9 Å². The Morgan fingerprint density at radius 1 is 0.914 bits per heavy atom. The van der Waals surface area contributed by atoms with Gasteiger partial charge in [-0.25, -0.2) is 4.39 Å². The average Bonchev–Trinajstić information content (AvgIpc) is 3.79. The molecule has 4 atom stereocenters. The molecule has 2 fully saturated rings. The van der Waals surface area contributed by atoms with E-state index in [1.165, 1.54) is 17.8 Å². The summed E-state index contributed by atoms with van der Waals surface area (Å²) in [6.45, 7) is 1.20. The van der Waals surface area contributed by atoms with E-state index in [1.54, 1.807) is 42.6 Å². The third-order valence-electron chi connectivity index (χ3n) is 11.6. The highest BCUT2D eigenvalue weighted by Crippen LogP contribution is 2.48. The molecule has 5 heterocycles. The van der Waals surface area contributed by atoms with Crippen LogP contribution in [0, 0.1) is 11.7 Å². The lowest BCUT2D eigenvalue weighted by Gasteiger charge is -2.39. The number of anilines is 2. The second-order valence-corrected chi connectivity index (χ2v) is 16.3. The molecule has 0 aliphatic carbocycles. The Labute approximate surface area is 340 Å². The van der Waals surface area contributed by atoms with Gasteiger partial charge in [-0.1, -0.05) is 37.5 Å². The molecular weight excluding hydrogens is 760 g/mol. The summed E-state index contributed by atoms with van der Waals surface area (Å²) in [5, 5.41) is 19.4. The average molecular weight is 805 g/mol. The maximum atomic E-state index is 15.4. The number of rotatable bonds is 14. The second kappa shape index (κ2) is 17.1. The summed E-state index contributed by atoms with van der Waals surface area (Å²) in [5.74, 6) is -1.74. The number of imide groups is 2. The van der Waals surface area contributed by atoms with Gasteiger partial charge >= 0.3 is 0 Å². The number of nitrogens with one attached hydrogen (secondary N) is 3. The quantitative estimate of drug-likeness (QED) is 0.0635. The molecule has 1 aromatic heterocycles. The number of aliphatic hydroxyl groups is 1. The number of aromatic nitrogens is 1. The summed E-state index contributed by atoms with van der Waals surface area (Å²) < 4.78 is 15.4. The van der Waals surface area contributed by atoms with Gasteiger partial charge in [0.1, 0.15) is 17.6 Å². The van der Waals surface area contributed by atoms with Gasteiger partial charge in [0, 0.05) is 53.5 Å². The van der Waals surface area contributed by atoms with E-state index in [-0.39, 0.29) is 49.2 Å². The maximum Gasteiger partial charge on any atom is 0.272 e. The van der Waals surface area contributed by atoms with Crippen molar-refractivity contribution in [3.05, 3.63) is 107 Å². The number of aliphatic hydroxyl groups excluding tert-OH is 1. The van der Waals surface area contributed by atoms with Crippen molar-refractivity contribution < 1.29 is 33.5 Å². The number of benzene rings is 3. The first-order chi connectivity index (χ1) is 28.2. The van der Waals surface area contributed by atoms with Crippen LogP contribution in [0.4, 0.5) is 15.8 Å². The molecule has 2 saturated heterocycles. The summed E-state index contributed by atoms with van der Waals surface area (Å²) in [6.07, 6.45) is 7.42. The minimum absolute atomic E-state index is 0.000808. The van der Waals surface area contributed by atoms with E-state index in [2.05, 4.69) is 20.9 Å². The number of nitrogens with zero attached hydrogens (tertiary/aromatic N) is 3. The molecule has 4 aliphatic rings.